The van der Waals surface area contributed by atoms with Crippen LogP contribution < -0.4 is 10.6 Å². The highest BCUT2D eigenvalue weighted by Gasteiger charge is 2.27. The average Bonchev–Trinajstić information content (AvgIpc) is 2.97. The zero-order valence-electron chi connectivity index (χ0n) is 22.9. The van der Waals surface area contributed by atoms with E-state index >= 15 is 0 Å². The Morgan fingerprint density at radius 2 is 1.07 bits per heavy atom. The number of amides is 2. The fraction of sp³-hybridized carbons (Fsp3) is 0.419. The summed E-state index contributed by atoms with van der Waals surface area (Å²) in [5.41, 5.74) is 1.22. The van der Waals surface area contributed by atoms with Crippen LogP contribution >= 0.6 is 0 Å². The van der Waals surface area contributed by atoms with Gasteiger partial charge in [-0.25, -0.2) is 0 Å². The first-order valence-electron chi connectivity index (χ1n) is 14.2. The second-order valence-electron chi connectivity index (χ2n) is 11.1. The molecule has 0 unspecified atom stereocenters. The van der Waals surface area contributed by atoms with Gasteiger partial charge < -0.3 is 10.6 Å². The number of rotatable bonds is 10. The number of benzene rings is 2. The van der Waals surface area contributed by atoms with Crippen molar-refractivity contribution < 1.29 is 19.4 Å². The van der Waals surface area contributed by atoms with Crippen molar-refractivity contribution in [2.24, 2.45) is 11.8 Å². The standard InChI is InChI=1S/C31H36N4O6/c36-30(17-11-22-3-1-5-28(20-22)34(38)39)32-26-13-7-24(8-14-26)19-25-9-15-27(16-10-25)33-31(37)18-12-23-4-2-6-29(21-23)35(40)41/h1-6,11-12,17-18,20-21,24-27H,7-10,13-16,19H2,(H,32,36)(H,33,37)/b17-11-,18-12+. The number of non-ortho nitro benzene ring substituents is 2. The van der Waals surface area contributed by atoms with Gasteiger partial charge in [0, 0.05) is 48.5 Å². The molecule has 0 atom stereocenters. The first kappa shape index (κ1) is 29.6. The SMILES string of the molecule is O=C(/C=C\c1cccc([N+](=O)[O-])c1)NC1CCC(CC2CCC(NC(=O)/C=C/c3cccc([N+](=O)[O-])c3)CC2)CC1. The third-order valence-electron chi connectivity index (χ3n) is 8.07. The largest absolute Gasteiger partial charge is 0.350 e. The molecule has 2 aromatic carbocycles. The monoisotopic (exact) mass is 560 g/mol. The van der Waals surface area contributed by atoms with Crippen LogP contribution in [-0.2, 0) is 9.59 Å². The molecule has 2 amide bonds. The summed E-state index contributed by atoms with van der Waals surface area (Å²) in [7, 11) is 0. The molecule has 2 N–H and O–H groups in total. The highest BCUT2D eigenvalue weighted by Crippen LogP contribution is 2.35. The Labute approximate surface area is 239 Å². The van der Waals surface area contributed by atoms with Crippen LogP contribution in [0.4, 0.5) is 11.4 Å². The molecular weight excluding hydrogens is 524 g/mol. The summed E-state index contributed by atoms with van der Waals surface area (Å²) >= 11 is 0. The van der Waals surface area contributed by atoms with Crippen molar-refractivity contribution in [1.29, 1.82) is 0 Å². The van der Waals surface area contributed by atoms with Gasteiger partial charge in [-0.1, -0.05) is 24.3 Å². The average molecular weight is 561 g/mol. The lowest BCUT2D eigenvalue weighted by Gasteiger charge is -2.34. The zero-order chi connectivity index (χ0) is 29.2. The lowest BCUT2D eigenvalue weighted by atomic mass is 9.75. The van der Waals surface area contributed by atoms with Crippen LogP contribution in [0.3, 0.4) is 0 Å². The van der Waals surface area contributed by atoms with Crippen molar-refractivity contribution in [2.75, 3.05) is 0 Å². The highest BCUT2D eigenvalue weighted by atomic mass is 16.6. The molecule has 0 bridgehead atoms. The molecule has 0 aromatic heterocycles. The Hall–Kier alpha value is -4.34. The molecule has 0 saturated heterocycles. The minimum absolute atomic E-state index is 0.00303. The lowest BCUT2D eigenvalue weighted by molar-refractivity contribution is -0.385. The van der Waals surface area contributed by atoms with Crippen LogP contribution in [0, 0.1) is 32.1 Å². The fourth-order valence-corrected chi connectivity index (χ4v) is 5.88. The minimum atomic E-state index is -0.453. The molecule has 41 heavy (non-hydrogen) atoms. The van der Waals surface area contributed by atoms with Crippen LogP contribution in [0.5, 0.6) is 0 Å². The summed E-state index contributed by atoms with van der Waals surface area (Å²) in [6, 6.07) is 12.7. The van der Waals surface area contributed by atoms with E-state index in [2.05, 4.69) is 10.6 Å². The predicted octanol–water partition coefficient (Wildman–Crippen LogP) is 5.97. The van der Waals surface area contributed by atoms with Gasteiger partial charge in [0.25, 0.3) is 11.4 Å². The molecule has 2 aliphatic rings. The van der Waals surface area contributed by atoms with Gasteiger partial charge in [0.1, 0.15) is 0 Å². The fourth-order valence-electron chi connectivity index (χ4n) is 5.88. The van der Waals surface area contributed by atoms with Crippen LogP contribution in [-0.4, -0.2) is 33.7 Å². The number of carbonyl (C=O) groups is 2. The smallest absolute Gasteiger partial charge is 0.270 e. The number of carbonyl (C=O) groups excluding carboxylic acids is 2. The van der Waals surface area contributed by atoms with Crippen LogP contribution in [0.25, 0.3) is 12.2 Å². The number of nitro groups is 2. The molecule has 10 nitrogen and oxygen atoms in total. The summed E-state index contributed by atoms with van der Waals surface area (Å²) in [6.07, 6.45) is 15.4. The van der Waals surface area contributed by atoms with Crippen LogP contribution in [0.1, 0.15) is 68.9 Å². The van der Waals surface area contributed by atoms with Crippen LogP contribution in [0.2, 0.25) is 0 Å². The number of hydrogen-bond donors (Lipinski definition) is 2. The van der Waals surface area contributed by atoms with Gasteiger partial charge in [-0.15, -0.1) is 0 Å². The topological polar surface area (TPSA) is 144 Å². The normalized spacial score (nSPS) is 22.8. The van der Waals surface area contributed by atoms with E-state index in [1.54, 1.807) is 36.4 Å². The molecule has 216 valence electrons. The molecule has 10 heteroatoms. The third kappa shape index (κ3) is 9.37. The molecular formula is C31H36N4O6. The van der Waals surface area contributed by atoms with E-state index in [9.17, 15) is 29.8 Å². The van der Waals surface area contributed by atoms with Gasteiger partial charge >= 0.3 is 0 Å². The van der Waals surface area contributed by atoms with Gasteiger partial charge in [-0.3, -0.25) is 29.8 Å². The maximum absolute atomic E-state index is 12.4. The third-order valence-corrected chi connectivity index (χ3v) is 8.07. The molecule has 0 heterocycles. The first-order valence-corrected chi connectivity index (χ1v) is 14.2. The molecule has 0 aliphatic heterocycles. The van der Waals surface area contributed by atoms with Crippen LogP contribution in [0.15, 0.2) is 60.7 Å². The Kier molecular flexibility index (Phi) is 10.4. The summed E-state index contributed by atoms with van der Waals surface area (Å²) in [6.45, 7) is 0. The molecule has 0 radical (unpaired) electrons. The molecule has 2 saturated carbocycles. The number of nitrogens with zero attached hydrogens (tertiary/aromatic N) is 2. The maximum atomic E-state index is 12.4. The predicted molar refractivity (Wildman–Crippen MR) is 157 cm³/mol. The number of hydrogen-bond acceptors (Lipinski definition) is 6. The van der Waals surface area contributed by atoms with E-state index in [1.165, 1.54) is 42.8 Å². The van der Waals surface area contributed by atoms with Crippen molar-refractivity contribution in [3.8, 4) is 0 Å². The summed E-state index contributed by atoms with van der Waals surface area (Å²) in [5.74, 6) is 0.940. The first-order chi connectivity index (χ1) is 19.7. The van der Waals surface area contributed by atoms with Crippen molar-refractivity contribution in [3.63, 3.8) is 0 Å². The van der Waals surface area contributed by atoms with E-state index in [0.717, 1.165) is 51.4 Å². The Morgan fingerprint density at radius 1 is 0.683 bits per heavy atom. The van der Waals surface area contributed by atoms with Crippen molar-refractivity contribution in [3.05, 3.63) is 92.0 Å². The summed E-state index contributed by atoms with van der Waals surface area (Å²) < 4.78 is 0. The highest BCUT2D eigenvalue weighted by molar-refractivity contribution is 5.92. The molecule has 4 rings (SSSR count). The second-order valence-corrected chi connectivity index (χ2v) is 11.1. The molecule has 2 fully saturated rings. The Morgan fingerprint density at radius 3 is 1.44 bits per heavy atom. The lowest BCUT2D eigenvalue weighted by Crippen LogP contribution is -2.38. The molecule has 2 aliphatic carbocycles. The van der Waals surface area contributed by atoms with E-state index < -0.39 is 9.85 Å². The van der Waals surface area contributed by atoms with Gasteiger partial charge in [0.05, 0.1) is 9.85 Å². The van der Waals surface area contributed by atoms with E-state index in [1.807, 2.05) is 0 Å². The van der Waals surface area contributed by atoms with Crippen molar-refractivity contribution >= 4 is 35.3 Å². The molecule has 2 aromatic rings. The Balaban J connectivity index is 1.12. The molecule has 0 spiro atoms. The van der Waals surface area contributed by atoms with E-state index in [0.29, 0.717) is 23.0 Å². The quantitative estimate of drug-likeness (QED) is 0.208. The van der Waals surface area contributed by atoms with Gasteiger partial charge in [0.15, 0.2) is 0 Å². The van der Waals surface area contributed by atoms with Crippen molar-refractivity contribution in [1.82, 2.24) is 10.6 Å². The summed E-state index contributed by atoms with van der Waals surface area (Å²) in [5, 5.41) is 28.0. The minimum Gasteiger partial charge on any atom is -0.350 e. The number of nitrogens with one attached hydrogen (secondary N) is 2. The summed E-state index contributed by atoms with van der Waals surface area (Å²) in [4.78, 5) is 45.7. The van der Waals surface area contributed by atoms with E-state index in [-0.39, 0.29) is 35.3 Å². The van der Waals surface area contributed by atoms with Gasteiger partial charge in [-0.2, -0.15) is 0 Å². The zero-order valence-corrected chi connectivity index (χ0v) is 22.9. The second kappa shape index (κ2) is 14.3. The van der Waals surface area contributed by atoms with Gasteiger partial charge in [0.2, 0.25) is 11.8 Å². The van der Waals surface area contributed by atoms with Crippen molar-refractivity contribution in [2.45, 2.75) is 69.9 Å². The number of nitro benzene ring substituents is 2. The van der Waals surface area contributed by atoms with E-state index in [4.69, 9.17) is 0 Å². The van der Waals surface area contributed by atoms with Gasteiger partial charge in [-0.05, 0) is 92.9 Å². The maximum Gasteiger partial charge on any atom is 0.270 e. The Bertz CT molecular complexity index is 1210.